The zero-order chi connectivity index (χ0) is 10.4. The summed E-state index contributed by atoms with van der Waals surface area (Å²) >= 11 is 3.38. The maximum atomic E-state index is 11.5. The summed E-state index contributed by atoms with van der Waals surface area (Å²) in [7, 11) is 0. The Balaban J connectivity index is 2.49. The first kappa shape index (κ1) is 11.3. The lowest BCUT2D eigenvalue weighted by atomic mass is 10.1. The van der Waals surface area contributed by atoms with Gasteiger partial charge in [0.05, 0.1) is 4.83 Å². The average Bonchev–Trinajstić information content (AvgIpc) is 2.19. The third-order valence-electron chi connectivity index (χ3n) is 1.87. The fourth-order valence-electron chi connectivity index (χ4n) is 1.16. The molecule has 0 radical (unpaired) electrons. The van der Waals surface area contributed by atoms with E-state index >= 15 is 0 Å². The van der Waals surface area contributed by atoms with Crippen molar-refractivity contribution >= 4 is 21.7 Å². The molecule has 1 atom stereocenters. The standard InChI is InChI=1S/C10H13BrN2O/c1-2-3-10(14)9(11)4-8-5-12-7-13-6-8/h5-7,9H,2-4H2,1H3. The average molecular weight is 257 g/mol. The first-order valence-electron chi connectivity index (χ1n) is 4.64. The Morgan fingerprint density at radius 1 is 1.50 bits per heavy atom. The molecule has 0 aliphatic rings. The van der Waals surface area contributed by atoms with Crippen LogP contribution in [-0.4, -0.2) is 20.6 Å². The molecule has 14 heavy (non-hydrogen) atoms. The van der Waals surface area contributed by atoms with Crippen molar-refractivity contribution in [2.24, 2.45) is 0 Å². The van der Waals surface area contributed by atoms with E-state index in [2.05, 4.69) is 25.9 Å². The molecule has 0 amide bonds. The third-order valence-corrected chi connectivity index (χ3v) is 2.71. The number of rotatable bonds is 5. The highest BCUT2D eigenvalue weighted by molar-refractivity contribution is 9.10. The molecule has 0 aliphatic carbocycles. The summed E-state index contributed by atoms with van der Waals surface area (Å²) in [4.78, 5) is 19.2. The van der Waals surface area contributed by atoms with E-state index in [-0.39, 0.29) is 10.6 Å². The van der Waals surface area contributed by atoms with Crippen molar-refractivity contribution in [3.63, 3.8) is 0 Å². The van der Waals surface area contributed by atoms with Gasteiger partial charge in [-0.2, -0.15) is 0 Å². The van der Waals surface area contributed by atoms with Gasteiger partial charge in [-0.3, -0.25) is 4.79 Å². The second-order valence-corrected chi connectivity index (χ2v) is 4.24. The molecule has 0 N–H and O–H groups in total. The quantitative estimate of drug-likeness (QED) is 0.759. The maximum Gasteiger partial charge on any atom is 0.146 e. The largest absolute Gasteiger partial charge is 0.298 e. The van der Waals surface area contributed by atoms with Crippen molar-refractivity contribution in [1.29, 1.82) is 0 Å². The predicted octanol–water partition coefficient (Wildman–Crippen LogP) is 2.15. The summed E-state index contributed by atoms with van der Waals surface area (Å²) in [5.74, 6) is 0.247. The second kappa shape index (κ2) is 5.86. The summed E-state index contributed by atoms with van der Waals surface area (Å²) in [6, 6.07) is 0. The van der Waals surface area contributed by atoms with E-state index in [0.717, 1.165) is 12.0 Å². The Morgan fingerprint density at radius 3 is 2.71 bits per heavy atom. The fourth-order valence-corrected chi connectivity index (χ4v) is 1.76. The molecule has 1 unspecified atom stereocenters. The van der Waals surface area contributed by atoms with Crippen LogP contribution in [0.5, 0.6) is 0 Å². The molecule has 0 saturated carbocycles. The molecule has 0 aliphatic heterocycles. The SMILES string of the molecule is CCCC(=O)C(Br)Cc1cncnc1. The Morgan fingerprint density at radius 2 is 2.14 bits per heavy atom. The van der Waals surface area contributed by atoms with Gasteiger partial charge in [0, 0.05) is 18.8 Å². The van der Waals surface area contributed by atoms with E-state index < -0.39 is 0 Å². The zero-order valence-corrected chi connectivity index (χ0v) is 9.70. The van der Waals surface area contributed by atoms with Crippen LogP contribution in [0.1, 0.15) is 25.3 Å². The maximum absolute atomic E-state index is 11.5. The molecule has 0 spiro atoms. The molecular formula is C10H13BrN2O. The number of carbonyl (C=O) groups is 1. The van der Waals surface area contributed by atoms with E-state index in [9.17, 15) is 4.79 Å². The van der Waals surface area contributed by atoms with Gasteiger partial charge in [0.15, 0.2) is 0 Å². The Labute approximate surface area is 92.1 Å². The van der Waals surface area contributed by atoms with Gasteiger partial charge in [-0.05, 0) is 18.4 Å². The molecule has 1 heterocycles. The van der Waals surface area contributed by atoms with Gasteiger partial charge in [-0.1, -0.05) is 22.9 Å². The normalized spacial score (nSPS) is 12.4. The Kier molecular flexibility index (Phi) is 4.73. The van der Waals surface area contributed by atoms with E-state index in [0.29, 0.717) is 12.8 Å². The number of alkyl halides is 1. The molecule has 0 bridgehead atoms. The summed E-state index contributed by atoms with van der Waals surface area (Å²) in [6.45, 7) is 2.00. The van der Waals surface area contributed by atoms with Gasteiger partial charge < -0.3 is 0 Å². The highest BCUT2D eigenvalue weighted by atomic mass is 79.9. The number of halogens is 1. The van der Waals surface area contributed by atoms with Gasteiger partial charge >= 0.3 is 0 Å². The first-order valence-corrected chi connectivity index (χ1v) is 5.56. The highest BCUT2D eigenvalue weighted by Gasteiger charge is 2.14. The van der Waals surface area contributed by atoms with Crippen molar-refractivity contribution in [3.05, 3.63) is 24.3 Å². The topological polar surface area (TPSA) is 42.9 Å². The zero-order valence-electron chi connectivity index (χ0n) is 8.11. The van der Waals surface area contributed by atoms with Crippen LogP contribution in [0.15, 0.2) is 18.7 Å². The number of carbonyl (C=O) groups excluding carboxylic acids is 1. The van der Waals surface area contributed by atoms with Crippen molar-refractivity contribution in [2.45, 2.75) is 31.0 Å². The Hall–Kier alpha value is -0.770. The van der Waals surface area contributed by atoms with Crippen LogP contribution in [0.25, 0.3) is 0 Å². The molecule has 76 valence electrons. The molecule has 0 fully saturated rings. The summed E-state index contributed by atoms with van der Waals surface area (Å²) in [5, 5.41) is 0. The number of aromatic nitrogens is 2. The number of hydrogen-bond acceptors (Lipinski definition) is 3. The van der Waals surface area contributed by atoms with E-state index in [4.69, 9.17) is 0 Å². The minimum Gasteiger partial charge on any atom is -0.298 e. The Bertz CT molecular complexity index is 289. The molecule has 1 aromatic rings. The highest BCUT2D eigenvalue weighted by Crippen LogP contribution is 2.11. The second-order valence-electron chi connectivity index (χ2n) is 3.13. The lowest BCUT2D eigenvalue weighted by Crippen LogP contribution is -2.16. The van der Waals surface area contributed by atoms with E-state index in [1.165, 1.54) is 6.33 Å². The molecule has 0 saturated heterocycles. The molecule has 3 nitrogen and oxygen atoms in total. The molecule has 4 heteroatoms. The molecule has 1 aromatic heterocycles. The van der Waals surface area contributed by atoms with E-state index in [1.807, 2.05) is 6.92 Å². The van der Waals surface area contributed by atoms with Crippen molar-refractivity contribution in [1.82, 2.24) is 9.97 Å². The van der Waals surface area contributed by atoms with Crippen LogP contribution in [0.2, 0.25) is 0 Å². The minimum atomic E-state index is -0.103. The van der Waals surface area contributed by atoms with Gasteiger partial charge in [0.2, 0.25) is 0 Å². The van der Waals surface area contributed by atoms with Crippen LogP contribution >= 0.6 is 15.9 Å². The van der Waals surface area contributed by atoms with Crippen LogP contribution in [0.4, 0.5) is 0 Å². The van der Waals surface area contributed by atoms with Crippen molar-refractivity contribution in [2.75, 3.05) is 0 Å². The van der Waals surface area contributed by atoms with E-state index in [1.54, 1.807) is 12.4 Å². The number of hydrogen-bond donors (Lipinski definition) is 0. The number of ketones is 1. The summed E-state index contributed by atoms with van der Waals surface area (Å²) in [5.41, 5.74) is 0.985. The smallest absolute Gasteiger partial charge is 0.146 e. The van der Waals surface area contributed by atoms with Gasteiger partial charge in [0.25, 0.3) is 0 Å². The lowest BCUT2D eigenvalue weighted by Gasteiger charge is -2.06. The number of Topliss-reactive ketones (excluding diaryl/α,β-unsaturated/α-hetero) is 1. The number of nitrogens with zero attached hydrogens (tertiary/aromatic N) is 2. The van der Waals surface area contributed by atoms with Gasteiger partial charge in [-0.15, -0.1) is 0 Å². The molecule has 1 rings (SSSR count). The van der Waals surface area contributed by atoms with Crippen molar-refractivity contribution in [3.8, 4) is 0 Å². The van der Waals surface area contributed by atoms with Crippen LogP contribution in [-0.2, 0) is 11.2 Å². The van der Waals surface area contributed by atoms with Gasteiger partial charge in [-0.25, -0.2) is 9.97 Å². The minimum absolute atomic E-state index is 0.103. The van der Waals surface area contributed by atoms with Gasteiger partial charge in [0.1, 0.15) is 12.1 Å². The summed E-state index contributed by atoms with van der Waals surface area (Å²) in [6.07, 6.45) is 7.15. The summed E-state index contributed by atoms with van der Waals surface area (Å²) < 4.78 is 0. The lowest BCUT2D eigenvalue weighted by molar-refractivity contribution is -0.118. The predicted molar refractivity (Wildman–Crippen MR) is 58.4 cm³/mol. The van der Waals surface area contributed by atoms with Crippen molar-refractivity contribution < 1.29 is 4.79 Å². The van der Waals surface area contributed by atoms with Crippen LogP contribution in [0.3, 0.4) is 0 Å². The first-order chi connectivity index (χ1) is 6.74. The van der Waals surface area contributed by atoms with Crippen LogP contribution < -0.4 is 0 Å². The molecular weight excluding hydrogens is 244 g/mol. The van der Waals surface area contributed by atoms with Crippen LogP contribution in [0, 0.1) is 0 Å². The monoisotopic (exact) mass is 256 g/mol. The fraction of sp³-hybridized carbons (Fsp3) is 0.500. The third kappa shape index (κ3) is 3.54. The molecule has 0 aromatic carbocycles.